The zero-order valence-electron chi connectivity index (χ0n) is 15.0. The van der Waals surface area contributed by atoms with Crippen molar-refractivity contribution < 1.29 is 9.53 Å². The van der Waals surface area contributed by atoms with Crippen LogP contribution in [0.3, 0.4) is 0 Å². The van der Waals surface area contributed by atoms with Crippen molar-refractivity contribution in [2.45, 2.75) is 26.7 Å². The third kappa shape index (κ3) is 4.70. The maximum atomic E-state index is 12.5. The zero-order chi connectivity index (χ0) is 18.4. The number of nitrogens with zero attached hydrogens (tertiary/aromatic N) is 1. The van der Waals surface area contributed by atoms with Gasteiger partial charge in [-0.25, -0.2) is 4.98 Å². The van der Waals surface area contributed by atoms with E-state index in [1.54, 1.807) is 17.4 Å². The lowest BCUT2D eigenvalue weighted by Crippen LogP contribution is -2.11. The van der Waals surface area contributed by atoms with Gasteiger partial charge < -0.3 is 10.1 Å². The van der Waals surface area contributed by atoms with Crippen LogP contribution in [0.1, 0.15) is 35.1 Å². The van der Waals surface area contributed by atoms with Gasteiger partial charge >= 0.3 is 0 Å². The molecule has 0 aliphatic heterocycles. The number of unbranched alkanes of at least 4 members (excludes halogenated alkanes) is 1. The van der Waals surface area contributed by atoms with Gasteiger partial charge in [0.1, 0.15) is 5.75 Å². The van der Waals surface area contributed by atoms with Gasteiger partial charge in [-0.2, -0.15) is 0 Å². The summed E-state index contributed by atoms with van der Waals surface area (Å²) < 4.78 is 6.77. The molecule has 0 radical (unpaired) electrons. The molecule has 1 heterocycles. The number of allylic oxidation sites excluding steroid dienone is 2. The number of aryl methyl sites for hydroxylation is 1. The summed E-state index contributed by atoms with van der Waals surface area (Å²) in [7, 11) is 0. The molecule has 26 heavy (non-hydrogen) atoms. The molecule has 0 aliphatic rings. The molecule has 5 heteroatoms. The van der Waals surface area contributed by atoms with E-state index < -0.39 is 0 Å². The topological polar surface area (TPSA) is 51.2 Å². The van der Waals surface area contributed by atoms with Gasteiger partial charge in [0, 0.05) is 17.3 Å². The van der Waals surface area contributed by atoms with E-state index in [0.29, 0.717) is 12.2 Å². The predicted octanol–water partition coefficient (Wildman–Crippen LogP) is 5.59. The van der Waals surface area contributed by atoms with Crippen molar-refractivity contribution in [1.82, 2.24) is 4.98 Å². The predicted molar refractivity (Wildman–Crippen MR) is 108 cm³/mol. The highest BCUT2D eigenvalue weighted by Crippen LogP contribution is 2.24. The van der Waals surface area contributed by atoms with Gasteiger partial charge in [0.05, 0.1) is 21.8 Å². The maximum absolute atomic E-state index is 12.5. The second kappa shape index (κ2) is 8.63. The van der Waals surface area contributed by atoms with Gasteiger partial charge in [0.25, 0.3) is 5.91 Å². The molecule has 3 aromatic rings. The van der Waals surface area contributed by atoms with E-state index in [1.807, 2.05) is 56.3 Å². The second-order valence-electron chi connectivity index (χ2n) is 5.96. The minimum absolute atomic E-state index is 0.136. The first-order valence-electron chi connectivity index (χ1n) is 8.68. The fraction of sp³-hybridized carbons (Fsp3) is 0.238. The summed E-state index contributed by atoms with van der Waals surface area (Å²) in [4.78, 5) is 17.0. The summed E-state index contributed by atoms with van der Waals surface area (Å²) >= 11 is 1.59. The van der Waals surface area contributed by atoms with Crippen molar-refractivity contribution in [3.63, 3.8) is 0 Å². The number of hydrogen-bond acceptors (Lipinski definition) is 4. The molecule has 0 saturated heterocycles. The van der Waals surface area contributed by atoms with Crippen molar-refractivity contribution in [2.24, 2.45) is 0 Å². The summed E-state index contributed by atoms with van der Waals surface area (Å²) in [6.07, 6.45) is 6.14. The highest BCUT2D eigenvalue weighted by Gasteiger charge is 2.09. The lowest BCUT2D eigenvalue weighted by atomic mass is 10.2. The Morgan fingerprint density at radius 1 is 1.27 bits per heavy atom. The Morgan fingerprint density at radius 3 is 3.00 bits per heavy atom. The molecule has 0 spiro atoms. The molecule has 0 atom stereocenters. The third-order valence-corrected chi connectivity index (χ3v) is 4.80. The highest BCUT2D eigenvalue weighted by atomic mass is 32.1. The van der Waals surface area contributed by atoms with Crippen molar-refractivity contribution in [3.05, 3.63) is 65.2 Å². The number of rotatable bonds is 7. The first-order valence-corrected chi connectivity index (χ1v) is 9.50. The fourth-order valence-corrected chi connectivity index (χ4v) is 3.47. The molecule has 0 fully saturated rings. The number of thiazole rings is 1. The van der Waals surface area contributed by atoms with Crippen molar-refractivity contribution in [1.29, 1.82) is 0 Å². The van der Waals surface area contributed by atoms with Gasteiger partial charge in [-0.15, -0.1) is 11.3 Å². The number of benzene rings is 2. The number of anilines is 1. The summed E-state index contributed by atoms with van der Waals surface area (Å²) in [5.74, 6) is 0.625. The number of ether oxygens (including phenoxy) is 1. The Kier molecular flexibility index (Phi) is 6.02. The fourth-order valence-electron chi connectivity index (χ4n) is 2.61. The first-order chi connectivity index (χ1) is 12.7. The SMILES string of the molecule is CC=CCCCOc1cccc(NC(=O)c2ccc3nc(C)sc3c2)c1. The van der Waals surface area contributed by atoms with Crippen LogP contribution in [-0.4, -0.2) is 17.5 Å². The Hall–Kier alpha value is -2.66. The number of aromatic nitrogens is 1. The van der Waals surface area contributed by atoms with Gasteiger partial charge in [0.2, 0.25) is 0 Å². The Labute approximate surface area is 157 Å². The van der Waals surface area contributed by atoms with Crippen LogP contribution < -0.4 is 10.1 Å². The van der Waals surface area contributed by atoms with Gasteiger partial charge in [-0.05, 0) is 57.0 Å². The second-order valence-corrected chi connectivity index (χ2v) is 7.19. The molecule has 3 rings (SSSR count). The van der Waals surface area contributed by atoms with Crippen LogP contribution in [0.25, 0.3) is 10.2 Å². The van der Waals surface area contributed by atoms with Crippen LogP contribution in [0.4, 0.5) is 5.69 Å². The monoisotopic (exact) mass is 366 g/mol. The van der Waals surface area contributed by atoms with E-state index in [4.69, 9.17) is 4.74 Å². The molecule has 0 saturated carbocycles. The normalized spacial score (nSPS) is 11.2. The van der Waals surface area contributed by atoms with E-state index >= 15 is 0 Å². The summed E-state index contributed by atoms with van der Waals surface area (Å²) in [6.45, 7) is 4.64. The lowest BCUT2D eigenvalue weighted by Gasteiger charge is -2.09. The van der Waals surface area contributed by atoms with Crippen molar-refractivity contribution >= 4 is 33.1 Å². The first kappa shape index (κ1) is 18.1. The lowest BCUT2D eigenvalue weighted by molar-refractivity contribution is 0.102. The average Bonchev–Trinajstić information content (AvgIpc) is 3.01. The van der Waals surface area contributed by atoms with Gasteiger partial charge in [-0.1, -0.05) is 18.2 Å². The Bertz CT molecular complexity index is 931. The van der Waals surface area contributed by atoms with Crippen LogP contribution in [0.2, 0.25) is 0 Å². The van der Waals surface area contributed by atoms with E-state index in [-0.39, 0.29) is 5.91 Å². The largest absolute Gasteiger partial charge is 0.494 e. The van der Waals surface area contributed by atoms with Gasteiger partial charge in [-0.3, -0.25) is 4.79 Å². The molecule has 2 aromatic carbocycles. The van der Waals surface area contributed by atoms with Gasteiger partial charge in [0.15, 0.2) is 0 Å². The minimum atomic E-state index is -0.136. The smallest absolute Gasteiger partial charge is 0.255 e. The van der Waals surface area contributed by atoms with Crippen molar-refractivity contribution in [3.8, 4) is 5.75 Å². The van der Waals surface area contributed by atoms with E-state index in [1.165, 1.54) is 0 Å². The standard InChI is InChI=1S/C21H22N2O2S/c1-3-4-5-6-12-25-18-9-7-8-17(14-18)23-21(24)16-10-11-19-20(13-16)26-15(2)22-19/h3-4,7-11,13-14H,5-6,12H2,1-2H3,(H,23,24). The molecule has 1 amide bonds. The molecule has 1 N–H and O–H groups in total. The molecule has 134 valence electrons. The molecular weight excluding hydrogens is 344 g/mol. The molecule has 1 aromatic heterocycles. The maximum Gasteiger partial charge on any atom is 0.255 e. The van der Waals surface area contributed by atoms with Crippen LogP contribution in [0.15, 0.2) is 54.6 Å². The van der Waals surface area contributed by atoms with Crippen LogP contribution in [0, 0.1) is 6.92 Å². The summed E-state index contributed by atoms with van der Waals surface area (Å²) in [5.41, 5.74) is 2.28. The number of nitrogens with one attached hydrogen (secondary N) is 1. The molecule has 0 bridgehead atoms. The molecule has 0 aliphatic carbocycles. The average molecular weight is 366 g/mol. The molecule has 0 unspecified atom stereocenters. The zero-order valence-corrected chi connectivity index (χ0v) is 15.8. The quantitative estimate of drug-likeness (QED) is 0.438. The highest BCUT2D eigenvalue weighted by molar-refractivity contribution is 7.18. The molecule has 4 nitrogen and oxygen atoms in total. The van der Waals surface area contributed by atoms with Crippen LogP contribution in [-0.2, 0) is 0 Å². The number of carbonyl (C=O) groups excluding carboxylic acids is 1. The molecular formula is C21H22N2O2S. The summed E-state index contributed by atoms with van der Waals surface area (Å²) in [5, 5.41) is 3.93. The van der Waals surface area contributed by atoms with E-state index in [9.17, 15) is 4.79 Å². The minimum Gasteiger partial charge on any atom is -0.494 e. The summed E-state index contributed by atoms with van der Waals surface area (Å²) in [6, 6.07) is 13.1. The number of fused-ring (bicyclic) bond motifs is 1. The Morgan fingerprint density at radius 2 is 2.15 bits per heavy atom. The van der Waals surface area contributed by atoms with Crippen LogP contribution >= 0.6 is 11.3 Å². The Balaban J connectivity index is 1.63. The number of hydrogen-bond donors (Lipinski definition) is 1. The third-order valence-electron chi connectivity index (χ3n) is 3.87. The van der Waals surface area contributed by atoms with Crippen LogP contribution in [0.5, 0.6) is 5.75 Å². The van der Waals surface area contributed by atoms with E-state index in [2.05, 4.69) is 16.4 Å². The van der Waals surface area contributed by atoms with E-state index in [0.717, 1.165) is 39.5 Å². The van der Waals surface area contributed by atoms with Crippen molar-refractivity contribution in [2.75, 3.05) is 11.9 Å². The number of amides is 1. The number of carbonyl (C=O) groups is 1.